The average Bonchev–Trinajstić information content (AvgIpc) is 2.95. The molecule has 1 fully saturated rings. The van der Waals surface area contributed by atoms with Gasteiger partial charge in [0.25, 0.3) is 11.8 Å². The fourth-order valence-corrected chi connectivity index (χ4v) is 3.35. The van der Waals surface area contributed by atoms with E-state index in [0.717, 1.165) is 6.42 Å². The lowest BCUT2D eigenvalue weighted by Crippen LogP contribution is -2.37. The summed E-state index contributed by atoms with van der Waals surface area (Å²) >= 11 is 11.9. The number of carbonyl (C=O) groups is 2. The van der Waals surface area contributed by atoms with Gasteiger partial charge >= 0.3 is 0 Å². The number of hydrogen-bond acceptors (Lipinski definition) is 3. The molecule has 1 aliphatic rings. The van der Waals surface area contributed by atoms with E-state index >= 15 is 0 Å². The lowest BCUT2D eigenvalue weighted by atomic mass is 10.2. The van der Waals surface area contributed by atoms with Crippen molar-refractivity contribution < 1.29 is 14.3 Å². The van der Waals surface area contributed by atoms with Crippen LogP contribution in [-0.4, -0.2) is 54.9 Å². The van der Waals surface area contributed by atoms with Gasteiger partial charge in [0.2, 0.25) is 0 Å². The zero-order valence-electron chi connectivity index (χ0n) is 15.0. The first-order chi connectivity index (χ1) is 13.0. The SMILES string of the molecule is COc1ccc(C(=O)N2CCCN(C(=O)c3ccc(Cl)c(Cl)c3)CC2)cc1. The van der Waals surface area contributed by atoms with Crippen molar-refractivity contribution in [3.63, 3.8) is 0 Å². The summed E-state index contributed by atoms with van der Waals surface area (Å²) in [5.41, 5.74) is 1.11. The molecule has 3 rings (SSSR count). The molecule has 2 amide bonds. The summed E-state index contributed by atoms with van der Waals surface area (Å²) in [5, 5.41) is 0.772. The monoisotopic (exact) mass is 406 g/mol. The van der Waals surface area contributed by atoms with Crippen molar-refractivity contribution in [3.8, 4) is 5.75 Å². The van der Waals surface area contributed by atoms with Crippen LogP contribution >= 0.6 is 23.2 Å². The molecular weight excluding hydrogens is 387 g/mol. The van der Waals surface area contributed by atoms with Crippen LogP contribution in [0.4, 0.5) is 0 Å². The molecule has 1 aliphatic heterocycles. The molecule has 1 heterocycles. The largest absolute Gasteiger partial charge is 0.497 e. The Labute approximate surface area is 168 Å². The summed E-state index contributed by atoms with van der Waals surface area (Å²) in [6.45, 7) is 2.15. The quantitative estimate of drug-likeness (QED) is 0.773. The Hall–Kier alpha value is -2.24. The fourth-order valence-electron chi connectivity index (χ4n) is 3.05. The highest BCUT2D eigenvalue weighted by Crippen LogP contribution is 2.23. The second-order valence-electron chi connectivity index (χ2n) is 6.30. The first-order valence-electron chi connectivity index (χ1n) is 8.67. The Morgan fingerprint density at radius 3 is 1.93 bits per heavy atom. The first kappa shape index (κ1) is 19.5. The van der Waals surface area contributed by atoms with Crippen molar-refractivity contribution in [3.05, 3.63) is 63.6 Å². The molecule has 0 spiro atoms. The lowest BCUT2D eigenvalue weighted by Gasteiger charge is -2.22. The normalized spacial score (nSPS) is 14.6. The Morgan fingerprint density at radius 1 is 0.815 bits per heavy atom. The van der Waals surface area contributed by atoms with Crippen LogP contribution in [0.15, 0.2) is 42.5 Å². The molecule has 7 heteroatoms. The molecule has 0 radical (unpaired) electrons. The van der Waals surface area contributed by atoms with Crippen LogP contribution in [0.25, 0.3) is 0 Å². The van der Waals surface area contributed by atoms with Crippen LogP contribution in [0, 0.1) is 0 Å². The molecule has 0 aromatic heterocycles. The van der Waals surface area contributed by atoms with E-state index in [9.17, 15) is 9.59 Å². The van der Waals surface area contributed by atoms with E-state index in [2.05, 4.69) is 0 Å². The number of nitrogens with zero attached hydrogens (tertiary/aromatic N) is 2. The first-order valence-corrected chi connectivity index (χ1v) is 9.43. The number of hydrogen-bond donors (Lipinski definition) is 0. The molecule has 27 heavy (non-hydrogen) atoms. The standard InChI is InChI=1S/C20H20Cl2N2O3/c1-27-16-6-3-14(4-7-16)19(25)23-9-2-10-24(12-11-23)20(26)15-5-8-17(21)18(22)13-15/h3-8,13H,2,9-12H2,1H3. The Balaban J connectivity index is 1.66. The second-order valence-corrected chi connectivity index (χ2v) is 7.11. The molecule has 0 aliphatic carbocycles. The van der Waals surface area contributed by atoms with Crippen molar-refractivity contribution in [2.45, 2.75) is 6.42 Å². The minimum atomic E-state index is -0.104. The van der Waals surface area contributed by atoms with E-state index in [1.54, 1.807) is 59.4 Å². The number of amides is 2. The highest BCUT2D eigenvalue weighted by atomic mass is 35.5. The smallest absolute Gasteiger partial charge is 0.253 e. The average molecular weight is 407 g/mol. The Morgan fingerprint density at radius 2 is 1.37 bits per heavy atom. The minimum absolute atomic E-state index is 0.0403. The van der Waals surface area contributed by atoms with Gasteiger partial charge in [-0.15, -0.1) is 0 Å². The van der Waals surface area contributed by atoms with Gasteiger partial charge in [0.05, 0.1) is 17.2 Å². The number of benzene rings is 2. The molecule has 2 aromatic carbocycles. The van der Waals surface area contributed by atoms with Gasteiger partial charge in [0.1, 0.15) is 5.75 Å². The number of carbonyl (C=O) groups excluding carboxylic acids is 2. The molecule has 0 saturated carbocycles. The summed E-state index contributed by atoms with van der Waals surface area (Å²) in [6, 6.07) is 11.9. The maximum absolute atomic E-state index is 12.7. The van der Waals surface area contributed by atoms with Gasteiger partial charge in [0.15, 0.2) is 0 Å². The number of rotatable bonds is 3. The van der Waals surface area contributed by atoms with Gasteiger partial charge in [-0.2, -0.15) is 0 Å². The summed E-state index contributed by atoms with van der Waals surface area (Å²) in [6.07, 6.45) is 0.717. The van der Waals surface area contributed by atoms with Gasteiger partial charge in [0, 0.05) is 37.3 Å². The fraction of sp³-hybridized carbons (Fsp3) is 0.300. The summed E-state index contributed by atoms with van der Waals surface area (Å²) < 4.78 is 5.13. The molecule has 142 valence electrons. The highest BCUT2D eigenvalue weighted by molar-refractivity contribution is 6.42. The van der Waals surface area contributed by atoms with E-state index < -0.39 is 0 Å². The van der Waals surface area contributed by atoms with Crippen molar-refractivity contribution in [2.24, 2.45) is 0 Å². The predicted molar refractivity (Wildman–Crippen MR) is 106 cm³/mol. The van der Waals surface area contributed by atoms with Crippen LogP contribution < -0.4 is 4.74 Å². The zero-order valence-corrected chi connectivity index (χ0v) is 16.5. The van der Waals surface area contributed by atoms with Gasteiger partial charge in [-0.05, 0) is 48.9 Å². The Kier molecular flexibility index (Phi) is 6.24. The van der Waals surface area contributed by atoms with Crippen molar-refractivity contribution in [1.82, 2.24) is 9.80 Å². The third kappa shape index (κ3) is 4.54. The molecule has 0 atom stereocenters. The van der Waals surface area contributed by atoms with E-state index in [1.165, 1.54) is 0 Å². The van der Waals surface area contributed by atoms with Crippen molar-refractivity contribution in [1.29, 1.82) is 0 Å². The number of halogens is 2. The molecule has 2 aromatic rings. The molecule has 0 N–H and O–H groups in total. The Bertz CT molecular complexity index is 840. The van der Waals surface area contributed by atoms with Gasteiger partial charge in [-0.1, -0.05) is 23.2 Å². The minimum Gasteiger partial charge on any atom is -0.497 e. The van der Waals surface area contributed by atoms with Gasteiger partial charge < -0.3 is 14.5 Å². The summed E-state index contributed by atoms with van der Waals surface area (Å²) in [5.74, 6) is 0.564. The zero-order chi connectivity index (χ0) is 19.4. The molecule has 0 unspecified atom stereocenters. The van der Waals surface area contributed by atoms with E-state index in [0.29, 0.717) is 53.1 Å². The molecule has 1 saturated heterocycles. The van der Waals surface area contributed by atoms with Crippen molar-refractivity contribution in [2.75, 3.05) is 33.3 Å². The van der Waals surface area contributed by atoms with E-state index in [4.69, 9.17) is 27.9 Å². The second kappa shape index (κ2) is 8.63. The third-order valence-electron chi connectivity index (χ3n) is 4.57. The third-order valence-corrected chi connectivity index (χ3v) is 5.31. The predicted octanol–water partition coefficient (Wildman–Crippen LogP) is 3.99. The van der Waals surface area contributed by atoms with Crippen LogP contribution in [0.3, 0.4) is 0 Å². The van der Waals surface area contributed by atoms with Gasteiger partial charge in [-0.25, -0.2) is 0 Å². The van der Waals surface area contributed by atoms with E-state index in [1.807, 2.05) is 0 Å². The highest BCUT2D eigenvalue weighted by Gasteiger charge is 2.24. The van der Waals surface area contributed by atoms with Gasteiger partial charge in [-0.3, -0.25) is 9.59 Å². The maximum atomic E-state index is 12.7. The molecule has 5 nitrogen and oxygen atoms in total. The summed E-state index contributed by atoms with van der Waals surface area (Å²) in [7, 11) is 1.59. The lowest BCUT2D eigenvalue weighted by molar-refractivity contribution is 0.0718. The maximum Gasteiger partial charge on any atom is 0.253 e. The molecule has 0 bridgehead atoms. The summed E-state index contributed by atoms with van der Waals surface area (Å²) in [4.78, 5) is 29.0. The number of ether oxygens (including phenoxy) is 1. The van der Waals surface area contributed by atoms with Crippen LogP contribution in [0.2, 0.25) is 10.0 Å². The van der Waals surface area contributed by atoms with Crippen LogP contribution in [-0.2, 0) is 0 Å². The molecular formula is C20H20Cl2N2O3. The van der Waals surface area contributed by atoms with Crippen LogP contribution in [0.1, 0.15) is 27.1 Å². The van der Waals surface area contributed by atoms with Crippen LogP contribution in [0.5, 0.6) is 5.75 Å². The topological polar surface area (TPSA) is 49.9 Å². The van der Waals surface area contributed by atoms with E-state index in [-0.39, 0.29) is 11.8 Å². The van der Waals surface area contributed by atoms with Crippen molar-refractivity contribution >= 4 is 35.0 Å². The number of methoxy groups -OCH3 is 1.